The highest BCUT2D eigenvalue weighted by atomic mass is 16.3. The fraction of sp³-hybridized carbons (Fsp3) is 0.471. The van der Waals surface area contributed by atoms with Crippen molar-refractivity contribution in [2.45, 2.75) is 32.9 Å². The lowest BCUT2D eigenvalue weighted by Crippen LogP contribution is -2.25. The zero-order chi connectivity index (χ0) is 17.1. The maximum absolute atomic E-state index is 9.72. The second kappa shape index (κ2) is 7.11. The minimum atomic E-state index is -0.281. The first-order chi connectivity index (χ1) is 11.5. The Morgan fingerprint density at radius 3 is 2.83 bits per heavy atom. The third-order valence-electron chi connectivity index (χ3n) is 4.45. The van der Waals surface area contributed by atoms with Crippen molar-refractivity contribution in [2.24, 2.45) is 5.92 Å². The molecule has 0 aliphatic carbocycles. The molecule has 1 aliphatic heterocycles. The number of anilines is 3. The molecule has 1 aromatic carbocycles. The van der Waals surface area contributed by atoms with Crippen LogP contribution in [-0.2, 0) is 6.54 Å². The van der Waals surface area contributed by atoms with E-state index in [2.05, 4.69) is 25.2 Å². The molecule has 2 heterocycles. The molecule has 0 radical (unpaired) electrons. The lowest BCUT2D eigenvalue weighted by atomic mass is 10.0. The summed E-state index contributed by atoms with van der Waals surface area (Å²) in [5.74, 6) is 1.62. The Bertz CT molecular complexity index is 705. The number of hydrogen-bond donors (Lipinski definition) is 3. The predicted molar refractivity (Wildman–Crippen MR) is 93.8 cm³/mol. The molecule has 0 saturated carbocycles. The van der Waals surface area contributed by atoms with Gasteiger partial charge in [-0.1, -0.05) is 18.2 Å². The molecule has 1 fully saturated rings. The zero-order valence-corrected chi connectivity index (χ0v) is 14.1. The number of aromatic nitrogens is 3. The van der Waals surface area contributed by atoms with E-state index in [-0.39, 0.29) is 12.1 Å². The van der Waals surface area contributed by atoms with Gasteiger partial charge in [-0.3, -0.25) is 4.90 Å². The predicted octanol–water partition coefficient (Wildman–Crippen LogP) is 1.71. The molecule has 1 aliphatic rings. The van der Waals surface area contributed by atoms with Crippen molar-refractivity contribution in [3.8, 4) is 0 Å². The molecule has 0 spiro atoms. The van der Waals surface area contributed by atoms with Gasteiger partial charge in [0.25, 0.3) is 0 Å². The Morgan fingerprint density at radius 2 is 2.12 bits per heavy atom. The SMILES string of the molecule is Cc1ccccc1Nc1nc(N)nc(CN2CCC(C(C)O)C2)n1. The molecule has 0 amide bonds. The van der Waals surface area contributed by atoms with Gasteiger partial charge in [0.15, 0.2) is 0 Å². The Labute approximate surface area is 142 Å². The quantitative estimate of drug-likeness (QED) is 0.768. The second-order valence-corrected chi connectivity index (χ2v) is 6.40. The van der Waals surface area contributed by atoms with E-state index in [0.29, 0.717) is 24.2 Å². The minimum absolute atomic E-state index is 0.211. The van der Waals surface area contributed by atoms with Gasteiger partial charge in [-0.2, -0.15) is 15.0 Å². The summed E-state index contributed by atoms with van der Waals surface area (Å²) in [5, 5.41) is 12.9. The molecule has 128 valence electrons. The third kappa shape index (κ3) is 3.98. The first kappa shape index (κ1) is 16.6. The molecule has 7 heteroatoms. The summed E-state index contributed by atoms with van der Waals surface area (Å²) in [4.78, 5) is 15.1. The van der Waals surface area contributed by atoms with Crippen molar-refractivity contribution in [3.05, 3.63) is 35.7 Å². The average molecular weight is 328 g/mol. The molecule has 7 nitrogen and oxygen atoms in total. The van der Waals surface area contributed by atoms with Crippen LogP contribution in [0.3, 0.4) is 0 Å². The number of nitrogen functional groups attached to an aromatic ring is 1. The molecule has 2 unspecified atom stereocenters. The highest BCUT2D eigenvalue weighted by Crippen LogP contribution is 2.22. The first-order valence-electron chi connectivity index (χ1n) is 8.25. The summed E-state index contributed by atoms with van der Waals surface area (Å²) in [7, 11) is 0. The van der Waals surface area contributed by atoms with Crippen molar-refractivity contribution >= 4 is 17.6 Å². The van der Waals surface area contributed by atoms with Crippen LogP contribution >= 0.6 is 0 Å². The molecular weight excluding hydrogens is 304 g/mol. The van der Waals surface area contributed by atoms with Crippen LogP contribution in [0, 0.1) is 12.8 Å². The summed E-state index contributed by atoms with van der Waals surface area (Å²) in [5.41, 5.74) is 7.90. The largest absolute Gasteiger partial charge is 0.393 e. The van der Waals surface area contributed by atoms with Crippen molar-refractivity contribution < 1.29 is 5.11 Å². The summed E-state index contributed by atoms with van der Waals surface area (Å²) >= 11 is 0. The fourth-order valence-electron chi connectivity index (χ4n) is 3.00. The smallest absolute Gasteiger partial charge is 0.232 e. The Hall–Kier alpha value is -2.25. The van der Waals surface area contributed by atoms with E-state index in [0.717, 1.165) is 30.8 Å². The monoisotopic (exact) mass is 328 g/mol. The van der Waals surface area contributed by atoms with Crippen LogP contribution in [0.5, 0.6) is 0 Å². The van der Waals surface area contributed by atoms with Gasteiger partial charge in [-0.05, 0) is 44.4 Å². The highest BCUT2D eigenvalue weighted by Gasteiger charge is 2.26. The molecule has 4 N–H and O–H groups in total. The van der Waals surface area contributed by atoms with Gasteiger partial charge in [0, 0.05) is 12.2 Å². The van der Waals surface area contributed by atoms with Crippen LogP contribution in [0.4, 0.5) is 17.6 Å². The Balaban J connectivity index is 1.71. The summed E-state index contributed by atoms with van der Waals surface area (Å²) in [6.45, 7) is 6.26. The molecule has 1 saturated heterocycles. The molecule has 3 rings (SSSR count). The molecule has 1 aromatic heterocycles. The first-order valence-corrected chi connectivity index (χ1v) is 8.25. The maximum Gasteiger partial charge on any atom is 0.232 e. The third-order valence-corrected chi connectivity index (χ3v) is 4.45. The number of nitrogens with one attached hydrogen (secondary N) is 1. The number of para-hydroxylation sites is 1. The van der Waals surface area contributed by atoms with E-state index in [1.807, 2.05) is 38.1 Å². The van der Waals surface area contributed by atoms with Crippen molar-refractivity contribution in [1.29, 1.82) is 0 Å². The molecule has 24 heavy (non-hydrogen) atoms. The van der Waals surface area contributed by atoms with Gasteiger partial charge in [-0.25, -0.2) is 0 Å². The van der Waals surface area contributed by atoms with Crippen LogP contribution in [0.1, 0.15) is 24.7 Å². The molecule has 2 aromatic rings. The molecule has 2 atom stereocenters. The zero-order valence-electron chi connectivity index (χ0n) is 14.1. The number of aryl methyl sites for hydroxylation is 1. The van der Waals surface area contributed by atoms with E-state index < -0.39 is 0 Å². The molecule has 0 bridgehead atoms. The number of nitrogens with two attached hydrogens (primary N) is 1. The number of hydrogen-bond acceptors (Lipinski definition) is 7. The number of nitrogens with zero attached hydrogens (tertiary/aromatic N) is 4. The second-order valence-electron chi connectivity index (χ2n) is 6.40. The number of benzene rings is 1. The van der Waals surface area contributed by atoms with Crippen molar-refractivity contribution in [2.75, 3.05) is 24.1 Å². The van der Waals surface area contributed by atoms with Crippen LogP contribution in [-0.4, -0.2) is 44.2 Å². The number of aliphatic hydroxyl groups excluding tert-OH is 1. The Kier molecular flexibility index (Phi) is 4.92. The van der Waals surface area contributed by atoms with Gasteiger partial charge in [0.1, 0.15) is 5.82 Å². The average Bonchev–Trinajstić information content (AvgIpc) is 2.98. The van der Waals surface area contributed by atoms with Crippen LogP contribution < -0.4 is 11.1 Å². The van der Waals surface area contributed by atoms with Crippen LogP contribution in [0.15, 0.2) is 24.3 Å². The topological polar surface area (TPSA) is 100 Å². The van der Waals surface area contributed by atoms with Crippen molar-refractivity contribution in [3.63, 3.8) is 0 Å². The molecular formula is C17H24N6O. The van der Waals surface area contributed by atoms with Gasteiger partial charge in [-0.15, -0.1) is 0 Å². The normalized spacial score (nSPS) is 19.4. The summed E-state index contributed by atoms with van der Waals surface area (Å²) in [6.07, 6.45) is 0.712. The maximum atomic E-state index is 9.72. The summed E-state index contributed by atoms with van der Waals surface area (Å²) < 4.78 is 0. The standard InChI is InChI=1S/C17H24N6O/c1-11-5-3-4-6-14(11)19-17-21-15(20-16(18)22-17)10-23-8-7-13(9-23)12(2)24/h3-6,12-13,24H,7-10H2,1-2H3,(H3,18,19,20,21,22). The number of likely N-dealkylation sites (tertiary alicyclic amines) is 1. The lowest BCUT2D eigenvalue weighted by molar-refractivity contribution is 0.127. The van der Waals surface area contributed by atoms with Crippen molar-refractivity contribution in [1.82, 2.24) is 19.9 Å². The van der Waals surface area contributed by atoms with E-state index >= 15 is 0 Å². The van der Waals surface area contributed by atoms with E-state index in [4.69, 9.17) is 5.73 Å². The van der Waals surface area contributed by atoms with E-state index in [1.54, 1.807) is 0 Å². The Morgan fingerprint density at radius 1 is 1.33 bits per heavy atom. The number of aliphatic hydroxyl groups is 1. The van der Waals surface area contributed by atoms with Crippen LogP contribution in [0.2, 0.25) is 0 Å². The van der Waals surface area contributed by atoms with Gasteiger partial charge in [0.2, 0.25) is 11.9 Å². The van der Waals surface area contributed by atoms with Crippen LogP contribution in [0.25, 0.3) is 0 Å². The lowest BCUT2D eigenvalue weighted by Gasteiger charge is -2.17. The summed E-state index contributed by atoms with van der Waals surface area (Å²) in [6, 6.07) is 7.94. The van der Waals surface area contributed by atoms with E-state index in [9.17, 15) is 5.11 Å². The van der Waals surface area contributed by atoms with Gasteiger partial charge in [0.05, 0.1) is 12.6 Å². The highest BCUT2D eigenvalue weighted by molar-refractivity contribution is 5.58. The van der Waals surface area contributed by atoms with Gasteiger partial charge < -0.3 is 16.2 Å². The van der Waals surface area contributed by atoms with Gasteiger partial charge >= 0.3 is 0 Å². The minimum Gasteiger partial charge on any atom is -0.393 e. The van der Waals surface area contributed by atoms with E-state index in [1.165, 1.54) is 0 Å². The number of rotatable bonds is 5. The fourth-order valence-corrected chi connectivity index (χ4v) is 3.00.